The minimum atomic E-state index is -0.425. The summed E-state index contributed by atoms with van der Waals surface area (Å²) in [6.45, 7) is 1.80. The molecule has 2 nitrogen and oxygen atoms in total. The van der Waals surface area contributed by atoms with Crippen LogP contribution in [0.3, 0.4) is 0 Å². The molecule has 2 N–H and O–H groups in total. The maximum Gasteiger partial charge on any atom is 0.0707 e. The molecule has 0 spiro atoms. The predicted octanol–water partition coefficient (Wildman–Crippen LogP) is 2.51. The lowest BCUT2D eigenvalue weighted by Crippen LogP contribution is -2.31. The molecule has 0 bridgehead atoms. The molecule has 0 aromatic heterocycles. The first-order valence-corrected chi connectivity index (χ1v) is 5.75. The Kier molecular flexibility index (Phi) is 3.29. The molecule has 1 saturated carbocycles. The smallest absolute Gasteiger partial charge is 0.0707 e. The highest BCUT2D eigenvalue weighted by atomic mass is 35.5. The van der Waals surface area contributed by atoms with Gasteiger partial charge in [0.05, 0.1) is 12.1 Å². The molecule has 3 heteroatoms. The van der Waals surface area contributed by atoms with Crippen molar-refractivity contribution < 1.29 is 5.11 Å². The maximum absolute atomic E-state index is 9.75. The van der Waals surface area contributed by atoms with Crippen LogP contribution in [0.15, 0.2) is 24.3 Å². The van der Waals surface area contributed by atoms with Gasteiger partial charge in [0.15, 0.2) is 0 Å². The van der Waals surface area contributed by atoms with Gasteiger partial charge >= 0.3 is 0 Å². The van der Waals surface area contributed by atoms with E-state index in [0.29, 0.717) is 6.04 Å². The molecule has 1 aromatic carbocycles. The molecule has 1 fully saturated rings. The summed E-state index contributed by atoms with van der Waals surface area (Å²) < 4.78 is 0. The Labute approximate surface area is 95.3 Å². The van der Waals surface area contributed by atoms with Crippen LogP contribution in [0, 0.1) is 0 Å². The van der Waals surface area contributed by atoms with E-state index in [2.05, 4.69) is 5.32 Å². The van der Waals surface area contributed by atoms with Crippen molar-refractivity contribution in [3.8, 4) is 0 Å². The number of aliphatic hydroxyl groups excluding tert-OH is 1. The molecule has 15 heavy (non-hydrogen) atoms. The third kappa shape index (κ3) is 2.71. The zero-order valence-electron chi connectivity index (χ0n) is 8.78. The molecule has 0 radical (unpaired) electrons. The standard InChI is InChI=1S/C12H16ClNO/c1-8(15)12(14-9-6-7-9)10-4-2-3-5-11(10)13/h2-5,8-9,12,14-15H,6-7H2,1H3/t8-,12+/m1/s1. The molecule has 2 atom stereocenters. The van der Waals surface area contributed by atoms with E-state index in [1.165, 1.54) is 12.8 Å². The number of aliphatic hydroxyl groups is 1. The summed E-state index contributed by atoms with van der Waals surface area (Å²) in [6, 6.07) is 8.19. The molecular weight excluding hydrogens is 210 g/mol. The van der Waals surface area contributed by atoms with Crippen LogP contribution < -0.4 is 5.32 Å². The Balaban J connectivity index is 2.19. The van der Waals surface area contributed by atoms with E-state index in [0.717, 1.165) is 10.6 Å². The zero-order valence-corrected chi connectivity index (χ0v) is 9.54. The van der Waals surface area contributed by atoms with Crippen molar-refractivity contribution in [3.05, 3.63) is 34.9 Å². The van der Waals surface area contributed by atoms with Gasteiger partial charge < -0.3 is 10.4 Å². The van der Waals surface area contributed by atoms with Crippen LogP contribution in [0.4, 0.5) is 0 Å². The molecule has 2 rings (SSSR count). The molecule has 1 aliphatic carbocycles. The molecule has 1 aromatic rings. The molecule has 1 aliphatic rings. The second-order valence-corrected chi connectivity index (χ2v) is 4.59. The van der Waals surface area contributed by atoms with Gasteiger partial charge in [-0.25, -0.2) is 0 Å². The fourth-order valence-corrected chi connectivity index (χ4v) is 1.97. The van der Waals surface area contributed by atoms with Crippen molar-refractivity contribution >= 4 is 11.6 Å². The molecule has 0 unspecified atom stereocenters. The van der Waals surface area contributed by atoms with Gasteiger partial charge in [-0.2, -0.15) is 0 Å². The minimum absolute atomic E-state index is 0.0498. The van der Waals surface area contributed by atoms with Crippen LogP contribution in [0.25, 0.3) is 0 Å². The first kappa shape index (κ1) is 10.9. The van der Waals surface area contributed by atoms with Crippen LogP contribution in [-0.4, -0.2) is 17.3 Å². The summed E-state index contributed by atoms with van der Waals surface area (Å²) in [4.78, 5) is 0. The van der Waals surface area contributed by atoms with Crippen molar-refractivity contribution in [3.63, 3.8) is 0 Å². The maximum atomic E-state index is 9.75. The third-order valence-corrected chi connectivity index (χ3v) is 3.06. The number of halogens is 1. The van der Waals surface area contributed by atoms with Gasteiger partial charge in [0.25, 0.3) is 0 Å². The van der Waals surface area contributed by atoms with Crippen molar-refractivity contribution in [2.45, 2.75) is 38.0 Å². The van der Waals surface area contributed by atoms with E-state index in [1.807, 2.05) is 24.3 Å². The highest BCUT2D eigenvalue weighted by Gasteiger charge is 2.28. The normalized spacial score (nSPS) is 19.9. The van der Waals surface area contributed by atoms with Crippen molar-refractivity contribution in [2.24, 2.45) is 0 Å². The third-order valence-electron chi connectivity index (χ3n) is 2.72. The highest BCUT2D eigenvalue weighted by molar-refractivity contribution is 6.31. The van der Waals surface area contributed by atoms with E-state index in [9.17, 15) is 5.11 Å². The van der Waals surface area contributed by atoms with Crippen molar-refractivity contribution in [2.75, 3.05) is 0 Å². The van der Waals surface area contributed by atoms with Crippen LogP contribution in [0.5, 0.6) is 0 Å². The van der Waals surface area contributed by atoms with Crippen LogP contribution in [0.2, 0.25) is 5.02 Å². The summed E-state index contributed by atoms with van der Waals surface area (Å²) in [5, 5.41) is 13.9. The van der Waals surface area contributed by atoms with Crippen LogP contribution in [-0.2, 0) is 0 Å². The first-order chi connectivity index (χ1) is 7.18. The van der Waals surface area contributed by atoms with Gasteiger partial charge in [-0.3, -0.25) is 0 Å². The number of hydrogen-bond acceptors (Lipinski definition) is 2. The van der Waals surface area contributed by atoms with Crippen molar-refractivity contribution in [1.29, 1.82) is 0 Å². The largest absolute Gasteiger partial charge is 0.391 e. The Bertz CT molecular complexity index is 336. The Hall–Kier alpha value is -0.570. The SMILES string of the molecule is C[C@@H](O)[C@H](NC1CC1)c1ccccc1Cl. The summed E-state index contributed by atoms with van der Waals surface area (Å²) >= 11 is 6.12. The second kappa shape index (κ2) is 4.52. The van der Waals surface area contributed by atoms with E-state index in [-0.39, 0.29) is 6.04 Å². The van der Waals surface area contributed by atoms with Gasteiger partial charge in [0, 0.05) is 11.1 Å². The fraction of sp³-hybridized carbons (Fsp3) is 0.500. The van der Waals surface area contributed by atoms with Gasteiger partial charge in [-0.1, -0.05) is 29.8 Å². The van der Waals surface area contributed by atoms with E-state index >= 15 is 0 Å². The Morgan fingerprint density at radius 2 is 2.07 bits per heavy atom. The average Bonchev–Trinajstić information content (AvgIpc) is 2.99. The quantitative estimate of drug-likeness (QED) is 0.826. The van der Waals surface area contributed by atoms with Gasteiger partial charge in [0.1, 0.15) is 0 Å². The fourth-order valence-electron chi connectivity index (χ4n) is 1.72. The topological polar surface area (TPSA) is 32.3 Å². The van der Waals surface area contributed by atoms with Crippen molar-refractivity contribution in [1.82, 2.24) is 5.32 Å². The predicted molar refractivity (Wildman–Crippen MR) is 62.0 cm³/mol. The highest BCUT2D eigenvalue weighted by Crippen LogP contribution is 2.29. The van der Waals surface area contributed by atoms with Crippen LogP contribution in [0.1, 0.15) is 31.4 Å². The first-order valence-electron chi connectivity index (χ1n) is 5.37. The minimum Gasteiger partial charge on any atom is -0.391 e. The lowest BCUT2D eigenvalue weighted by molar-refractivity contribution is 0.144. The molecule has 0 aliphatic heterocycles. The number of nitrogens with one attached hydrogen (secondary N) is 1. The summed E-state index contributed by atoms with van der Waals surface area (Å²) in [5.41, 5.74) is 0.987. The number of rotatable bonds is 4. The lowest BCUT2D eigenvalue weighted by atomic mass is 10.0. The average molecular weight is 226 g/mol. The van der Waals surface area contributed by atoms with E-state index in [1.54, 1.807) is 6.92 Å². The molecular formula is C12H16ClNO. The van der Waals surface area contributed by atoms with Gasteiger partial charge in [-0.15, -0.1) is 0 Å². The summed E-state index contributed by atoms with van der Waals surface area (Å²) in [7, 11) is 0. The summed E-state index contributed by atoms with van der Waals surface area (Å²) in [6.07, 6.45) is 1.98. The van der Waals surface area contributed by atoms with Crippen LogP contribution >= 0.6 is 11.6 Å². The molecule has 0 heterocycles. The Morgan fingerprint density at radius 3 is 2.60 bits per heavy atom. The Morgan fingerprint density at radius 1 is 1.40 bits per heavy atom. The lowest BCUT2D eigenvalue weighted by Gasteiger charge is -2.22. The molecule has 0 saturated heterocycles. The monoisotopic (exact) mass is 225 g/mol. The molecule has 82 valence electrons. The second-order valence-electron chi connectivity index (χ2n) is 4.18. The van der Waals surface area contributed by atoms with E-state index in [4.69, 9.17) is 11.6 Å². The number of hydrogen-bond donors (Lipinski definition) is 2. The molecule has 0 amide bonds. The van der Waals surface area contributed by atoms with Gasteiger partial charge in [-0.05, 0) is 31.4 Å². The van der Waals surface area contributed by atoms with E-state index < -0.39 is 6.10 Å². The number of benzene rings is 1. The van der Waals surface area contributed by atoms with Gasteiger partial charge in [0.2, 0.25) is 0 Å². The summed E-state index contributed by atoms with van der Waals surface area (Å²) in [5.74, 6) is 0. The zero-order chi connectivity index (χ0) is 10.8.